The number of hydrogen-bond donors (Lipinski definition) is 1. The quantitative estimate of drug-likeness (QED) is 0.922. The second-order valence-electron chi connectivity index (χ2n) is 6.03. The molecule has 0 fully saturated rings. The summed E-state index contributed by atoms with van der Waals surface area (Å²) in [6, 6.07) is 5.64. The maximum atomic E-state index is 6.08. The SMILES string of the molecule is Cn1cc(COc2ccc(Cl)cc2CNC(C)(C)C)nn1. The predicted molar refractivity (Wildman–Crippen MR) is 83.4 cm³/mol. The molecule has 0 spiro atoms. The van der Waals surface area contributed by atoms with E-state index in [9.17, 15) is 0 Å². The summed E-state index contributed by atoms with van der Waals surface area (Å²) in [6.45, 7) is 7.45. The van der Waals surface area contributed by atoms with Gasteiger partial charge in [0.1, 0.15) is 18.1 Å². The topological polar surface area (TPSA) is 52.0 Å². The third kappa shape index (κ3) is 5.02. The molecule has 114 valence electrons. The predicted octanol–water partition coefficient (Wildman–Crippen LogP) is 2.94. The number of aryl methyl sites for hydroxylation is 1. The van der Waals surface area contributed by atoms with Gasteiger partial charge in [-0.2, -0.15) is 0 Å². The number of benzene rings is 1. The lowest BCUT2D eigenvalue weighted by molar-refractivity contribution is 0.295. The molecule has 21 heavy (non-hydrogen) atoms. The molecule has 1 aromatic carbocycles. The third-order valence-corrected chi connectivity index (χ3v) is 3.09. The Morgan fingerprint density at radius 1 is 1.33 bits per heavy atom. The van der Waals surface area contributed by atoms with Gasteiger partial charge in [0.15, 0.2) is 0 Å². The van der Waals surface area contributed by atoms with Crippen LogP contribution < -0.4 is 10.1 Å². The zero-order valence-corrected chi connectivity index (χ0v) is 13.6. The van der Waals surface area contributed by atoms with Crippen LogP contribution in [0.3, 0.4) is 0 Å². The molecule has 0 saturated heterocycles. The molecule has 0 aliphatic carbocycles. The van der Waals surface area contributed by atoms with Crippen LogP contribution in [0.4, 0.5) is 0 Å². The van der Waals surface area contributed by atoms with Gasteiger partial charge in [-0.15, -0.1) is 5.10 Å². The van der Waals surface area contributed by atoms with Crippen molar-refractivity contribution < 1.29 is 4.74 Å². The number of hydrogen-bond acceptors (Lipinski definition) is 4. The van der Waals surface area contributed by atoms with E-state index in [0.717, 1.165) is 17.0 Å². The summed E-state index contributed by atoms with van der Waals surface area (Å²) >= 11 is 6.08. The summed E-state index contributed by atoms with van der Waals surface area (Å²) in [5, 5.41) is 12.0. The molecule has 2 rings (SSSR count). The van der Waals surface area contributed by atoms with E-state index in [0.29, 0.717) is 18.2 Å². The van der Waals surface area contributed by atoms with Crippen LogP contribution in [0.25, 0.3) is 0 Å². The maximum Gasteiger partial charge on any atom is 0.134 e. The Bertz CT molecular complexity index is 604. The summed E-state index contributed by atoms with van der Waals surface area (Å²) in [5.41, 5.74) is 1.85. The van der Waals surface area contributed by atoms with Crippen LogP contribution >= 0.6 is 11.6 Å². The van der Waals surface area contributed by atoms with Gasteiger partial charge >= 0.3 is 0 Å². The monoisotopic (exact) mass is 308 g/mol. The van der Waals surface area contributed by atoms with Gasteiger partial charge in [0.2, 0.25) is 0 Å². The molecule has 0 unspecified atom stereocenters. The van der Waals surface area contributed by atoms with Crippen molar-refractivity contribution in [1.29, 1.82) is 0 Å². The summed E-state index contributed by atoms with van der Waals surface area (Å²) in [5.74, 6) is 0.807. The minimum atomic E-state index is 0.0322. The van der Waals surface area contributed by atoms with Crippen molar-refractivity contribution >= 4 is 11.6 Å². The molecular formula is C15H21ClN4O. The fourth-order valence-electron chi connectivity index (χ4n) is 1.80. The smallest absolute Gasteiger partial charge is 0.134 e. The van der Waals surface area contributed by atoms with Crippen LogP contribution in [-0.4, -0.2) is 20.5 Å². The molecule has 0 aliphatic heterocycles. The second kappa shape index (κ2) is 6.45. The first-order valence-electron chi connectivity index (χ1n) is 6.85. The van der Waals surface area contributed by atoms with Gasteiger partial charge in [0, 0.05) is 29.7 Å². The van der Waals surface area contributed by atoms with Crippen LogP contribution in [0.15, 0.2) is 24.4 Å². The lowest BCUT2D eigenvalue weighted by Gasteiger charge is -2.21. The Morgan fingerprint density at radius 3 is 2.71 bits per heavy atom. The van der Waals surface area contributed by atoms with Crippen molar-refractivity contribution in [2.75, 3.05) is 0 Å². The van der Waals surface area contributed by atoms with Gasteiger partial charge < -0.3 is 10.1 Å². The minimum Gasteiger partial charge on any atom is -0.487 e. The Balaban J connectivity index is 2.07. The Labute approximate surface area is 130 Å². The van der Waals surface area contributed by atoms with Gasteiger partial charge in [0.05, 0.1) is 6.20 Å². The fourth-order valence-corrected chi connectivity index (χ4v) is 2.00. The highest BCUT2D eigenvalue weighted by atomic mass is 35.5. The lowest BCUT2D eigenvalue weighted by atomic mass is 10.1. The normalized spacial score (nSPS) is 11.7. The number of nitrogens with zero attached hydrogens (tertiary/aromatic N) is 3. The lowest BCUT2D eigenvalue weighted by Crippen LogP contribution is -2.35. The molecule has 5 nitrogen and oxygen atoms in total. The van der Waals surface area contributed by atoms with E-state index in [1.165, 1.54) is 0 Å². The number of rotatable bonds is 5. The summed E-state index contributed by atoms with van der Waals surface area (Å²) < 4.78 is 7.50. The van der Waals surface area contributed by atoms with Crippen LogP contribution in [0.1, 0.15) is 32.0 Å². The molecule has 1 aromatic heterocycles. The van der Waals surface area contributed by atoms with Crippen molar-refractivity contribution in [2.45, 2.75) is 39.5 Å². The van der Waals surface area contributed by atoms with Gasteiger partial charge in [-0.25, -0.2) is 0 Å². The Kier molecular flexibility index (Phi) is 4.85. The molecule has 0 radical (unpaired) electrons. The fraction of sp³-hybridized carbons (Fsp3) is 0.467. The summed E-state index contributed by atoms with van der Waals surface area (Å²) in [6.07, 6.45) is 1.84. The molecule has 0 amide bonds. The average molecular weight is 309 g/mol. The highest BCUT2D eigenvalue weighted by Crippen LogP contribution is 2.24. The van der Waals surface area contributed by atoms with E-state index in [1.807, 2.05) is 31.4 Å². The number of aromatic nitrogens is 3. The van der Waals surface area contributed by atoms with Gasteiger partial charge in [0.25, 0.3) is 0 Å². The molecule has 6 heteroatoms. The van der Waals surface area contributed by atoms with E-state index in [4.69, 9.17) is 16.3 Å². The van der Waals surface area contributed by atoms with E-state index < -0.39 is 0 Å². The van der Waals surface area contributed by atoms with Crippen LogP contribution in [0, 0.1) is 0 Å². The van der Waals surface area contributed by atoms with Gasteiger partial charge in [-0.05, 0) is 39.0 Å². The first kappa shape index (κ1) is 15.8. The van der Waals surface area contributed by atoms with Crippen molar-refractivity contribution in [1.82, 2.24) is 20.3 Å². The van der Waals surface area contributed by atoms with Crippen LogP contribution in [0.5, 0.6) is 5.75 Å². The highest BCUT2D eigenvalue weighted by Gasteiger charge is 2.12. The minimum absolute atomic E-state index is 0.0322. The molecule has 0 bridgehead atoms. The van der Waals surface area contributed by atoms with Gasteiger partial charge in [-0.3, -0.25) is 4.68 Å². The molecule has 2 aromatic rings. The van der Waals surface area contributed by atoms with Crippen molar-refractivity contribution in [3.8, 4) is 5.75 Å². The second-order valence-corrected chi connectivity index (χ2v) is 6.46. The molecule has 0 saturated carbocycles. The zero-order valence-electron chi connectivity index (χ0n) is 12.9. The van der Waals surface area contributed by atoms with E-state index in [-0.39, 0.29) is 5.54 Å². The summed E-state index contributed by atoms with van der Waals surface area (Å²) in [4.78, 5) is 0. The Hall–Kier alpha value is -1.59. The van der Waals surface area contributed by atoms with Gasteiger partial charge in [-0.1, -0.05) is 16.8 Å². The van der Waals surface area contributed by atoms with Crippen LogP contribution in [0.2, 0.25) is 5.02 Å². The van der Waals surface area contributed by atoms with E-state index in [1.54, 1.807) is 4.68 Å². The number of nitrogens with one attached hydrogen (secondary N) is 1. The van der Waals surface area contributed by atoms with E-state index in [2.05, 4.69) is 36.4 Å². The van der Waals surface area contributed by atoms with Crippen molar-refractivity contribution in [3.63, 3.8) is 0 Å². The largest absolute Gasteiger partial charge is 0.487 e. The molecule has 1 heterocycles. The summed E-state index contributed by atoms with van der Waals surface area (Å²) in [7, 11) is 1.83. The van der Waals surface area contributed by atoms with E-state index >= 15 is 0 Å². The van der Waals surface area contributed by atoms with Crippen molar-refractivity contribution in [2.24, 2.45) is 7.05 Å². The first-order valence-corrected chi connectivity index (χ1v) is 7.23. The molecule has 0 atom stereocenters. The average Bonchev–Trinajstić information content (AvgIpc) is 2.80. The third-order valence-electron chi connectivity index (χ3n) is 2.86. The zero-order chi connectivity index (χ0) is 15.5. The number of halogens is 1. The number of ether oxygens (including phenoxy) is 1. The first-order chi connectivity index (χ1) is 9.83. The highest BCUT2D eigenvalue weighted by molar-refractivity contribution is 6.30. The molecular weight excluding hydrogens is 288 g/mol. The molecule has 1 N–H and O–H groups in total. The molecule has 0 aliphatic rings. The Morgan fingerprint density at radius 2 is 2.10 bits per heavy atom. The van der Waals surface area contributed by atoms with Crippen LogP contribution in [-0.2, 0) is 20.2 Å². The standard InChI is InChI=1S/C15H21ClN4O/c1-15(2,3)17-8-11-7-12(16)5-6-14(11)21-10-13-9-20(4)19-18-13/h5-7,9,17H,8,10H2,1-4H3. The van der Waals surface area contributed by atoms with Crippen molar-refractivity contribution in [3.05, 3.63) is 40.7 Å². The maximum absolute atomic E-state index is 6.08.